The van der Waals surface area contributed by atoms with Gasteiger partial charge in [0.25, 0.3) is 7.82 Å². The first-order valence-electron chi connectivity index (χ1n) is 23.8. The molecule has 0 aliphatic carbocycles. The number of carbonyl (C=O) groups is 2. The zero-order chi connectivity index (χ0) is 45.9. The molecule has 1 aromatic heterocycles. The number of rotatable bonds is 39. The second-order valence-electron chi connectivity index (χ2n) is 17.5. The highest BCUT2D eigenvalue weighted by molar-refractivity contribution is 7.45. The molecule has 1 N–H and O–H groups in total. The molecule has 1 heterocycles. The first kappa shape index (κ1) is 57.2. The molecule has 0 radical (unpaired) electrons. The van der Waals surface area contributed by atoms with E-state index in [4.69, 9.17) is 22.9 Å². The van der Waals surface area contributed by atoms with Crippen LogP contribution in [0, 0.1) is 13.8 Å². The Bertz CT molecular complexity index is 1490. The highest BCUT2D eigenvalue weighted by atomic mass is 31.2. The summed E-state index contributed by atoms with van der Waals surface area (Å²) in [5.74, 6) is 1.38. The van der Waals surface area contributed by atoms with Crippen molar-refractivity contribution in [1.82, 2.24) is 0 Å². The van der Waals surface area contributed by atoms with E-state index in [-0.39, 0.29) is 32.2 Å². The fourth-order valence-corrected chi connectivity index (χ4v) is 7.24. The number of hydrogen-bond donors (Lipinski definition) is 1. The van der Waals surface area contributed by atoms with E-state index in [1.807, 2.05) is 34.1 Å². The fourth-order valence-electron chi connectivity index (χ4n) is 6.51. The minimum Gasteiger partial charge on any atom is -0.756 e. The number of furan rings is 1. The average Bonchev–Trinajstić information content (AvgIpc) is 3.49. The summed E-state index contributed by atoms with van der Waals surface area (Å²) >= 11 is 0. The molecular weight excluding hydrogens is 806 g/mol. The van der Waals surface area contributed by atoms with Gasteiger partial charge < -0.3 is 37.4 Å². The van der Waals surface area contributed by atoms with Crippen LogP contribution in [0.25, 0.3) is 0 Å². The van der Waals surface area contributed by atoms with Gasteiger partial charge in [0.2, 0.25) is 0 Å². The predicted molar refractivity (Wildman–Crippen MR) is 250 cm³/mol. The Morgan fingerprint density at radius 2 is 1.21 bits per heavy atom. The third-order valence-corrected chi connectivity index (χ3v) is 11.7. The van der Waals surface area contributed by atoms with Crippen molar-refractivity contribution in [2.45, 2.75) is 188 Å². The smallest absolute Gasteiger partial charge is 0.306 e. The first-order valence-corrected chi connectivity index (χ1v) is 25.2. The summed E-state index contributed by atoms with van der Waals surface area (Å²) in [6.45, 7) is 8.16. The van der Waals surface area contributed by atoms with Crippen LogP contribution in [0.5, 0.6) is 0 Å². The molecule has 3 atom stereocenters. The van der Waals surface area contributed by atoms with E-state index in [9.17, 15) is 24.2 Å². The Morgan fingerprint density at radius 1 is 0.694 bits per heavy atom. The minimum atomic E-state index is -4.66. The van der Waals surface area contributed by atoms with E-state index in [0.717, 1.165) is 89.2 Å². The second-order valence-corrected chi connectivity index (χ2v) is 18.9. The van der Waals surface area contributed by atoms with Gasteiger partial charge in [-0.3, -0.25) is 14.2 Å². The van der Waals surface area contributed by atoms with Gasteiger partial charge in [-0.2, -0.15) is 0 Å². The number of aliphatic hydroxyl groups excluding tert-OH is 1. The fraction of sp³-hybridized carbons (Fsp3) is 0.720. The maximum Gasteiger partial charge on any atom is 0.306 e. The topological polar surface area (TPSA) is 145 Å². The number of ether oxygens (including phenoxy) is 2. The van der Waals surface area contributed by atoms with Crippen LogP contribution in [0.3, 0.4) is 0 Å². The largest absolute Gasteiger partial charge is 0.756 e. The Labute approximate surface area is 376 Å². The summed E-state index contributed by atoms with van der Waals surface area (Å²) in [6.07, 6.45) is 36.3. The van der Waals surface area contributed by atoms with Crippen molar-refractivity contribution < 1.29 is 51.6 Å². The third kappa shape index (κ3) is 32.0. The van der Waals surface area contributed by atoms with Crippen LogP contribution in [0.1, 0.15) is 171 Å². The maximum atomic E-state index is 12.8. The molecule has 0 fully saturated rings. The molecule has 0 aliphatic heterocycles. The number of quaternary nitrogens is 1. The molecule has 0 amide bonds. The molecule has 62 heavy (non-hydrogen) atoms. The van der Waals surface area contributed by atoms with E-state index >= 15 is 0 Å². The monoisotopic (exact) mass is 892 g/mol. The lowest BCUT2D eigenvalue weighted by atomic mass is 10.0. The van der Waals surface area contributed by atoms with Crippen LogP contribution in [0.4, 0.5) is 0 Å². The molecule has 1 aromatic rings. The lowest BCUT2D eigenvalue weighted by molar-refractivity contribution is -0.870. The number of hydrogen-bond acceptors (Lipinski definition) is 10. The van der Waals surface area contributed by atoms with E-state index < -0.39 is 32.5 Å². The Balaban J connectivity index is 2.38. The molecule has 0 saturated carbocycles. The van der Waals surface area contributed by atoms with E-state index in [2.05, 4.69) is 63.3 Å². The maximum absolute atomic E-state index is 12.8. The summed E-state index contributed by atoms with van der Waals surface area (Å²) in [5.41, 5.74) is 2.64. The van der Waals surface area contributed by atoms with E-state index in [0.29, 0.717) is 30.3 Å². The van der Waals surface area contributed by atoms with Crippen LogP contribution in [0.15, 0.2) is 53.0 Å². The molecule has 0 aliphatic rings. The lowest BCUT2D eigenvalue weighted by Gasteiger charge is -2.28. The van der Waals surface area contributed by atoms with Crippen LogP contribution in [0.2, 0.25) is 0 Å². The summed E-state index contributed by atoms with van der Waals surface area (Å²) in [5, 5.41) is 9.58. The summed E-state index contributed by atoms with van der Waals surface area (Å²) in [4.78, 5) is 37.7. The number of carbonyl (C=O) groups excluding carboxylic acids is 2. The van der Waals surface area contributed by atoms with Crippen molar-refractivity contribution in [3.63, 3.8) is 0 Å². The molecule has 0 aromatic carbocycles. The van der Waals surface area contributed by atoms with Crippen molar-refractivity contribution >= 4 is 19.8 Å². The van der Waals surface area contributed by atoms with Gasteiger partial charge in [-0.05, 0) is 95.6 Å². The van der Waals surface area contributed by atoms with Crippen molar-refractivity contribution in [2.75, 3.05) is 47.5 Å². The number of phosphoric acid groups is 1. The SMILES string of the molecule is CCCCCc1oc(CCCCCCCCCCC(=O)O[C@H](COC(=O)CCC/C=C\C/C=C\C/C=C\C/C=C\CC[C@@H](O)CC)COP(=O)([O-])OCC[N+](C)(C)C)c(C)c1C. The molecule has 0 saturated heterocycles. The van der Waals surface area contributed by atoms with Gasteiger partial charge >= 0.3 is 11.9 Å². The molecule has 0 spiro atoms. The minimum absolute atomic E-state index is 0.0540. The highest BCUT2D eigenvalue weighted by Gasteiger charge is 2.22. The molecule has 1 unspecified atom stereocenters. The number of nitrogens with zero attached hydrogens (tertiary/aromatic N) is 1. The van der Waals surface area contributed by atoms with Crippen molar-refractivity contribution in [1.29, 1.82) is 0 Å². The number of allylic oxidation sites excluding steroid dienone is 8. The Hall–Kier alpha value is -2.79. The summed E-state index contributed by atoms with van der Waals surface area (Å²) < 4.78 is 40.2. The van der Waals surface area contributed by atoms with Gasteiger partial charge in [0.05, 0.1) is 33.9 Å². The molecule has 1 rings (SSSR count). The quantitative estimate of drug-likeness (QED) is 0.0223. The van der Waals surface area contributed by atoms with Crippen LogP contribution in [-0.4, -0.2) is 81.2 Å². The number of unbranched alkanes of at least 4 members (excludes halogenated alkanes) is 10. The van der Waals surface area contributed by atoms with Crippen LogP contribution < -0.4 is 4.89 Å². The van der Waals surface area contributed by atoms with Crippen molar-refractivity contribution in [3.05, 3.63) is 71.3 Å². The number of aliphatic hydroxyl groups is 1. The number of phosphoric ester groups is 1. The van der Waals surface area contributed by atoms with Gasteiger partial charge in [0.1, 0.15) is 31.3 Å². The number of aryl methyl sites for hydroxylation is 2. The van der Waals surface area contributed by atoms with Gasteiger partial charge in [-0.25, -0.2) is 0 Å². The zero-order valence-electron chi connectivity index (χ0n) is 39.9. The predicted octanol–water partition coefficient (Wildman–Crippen LogP) is 11.5. The highest BCUT2D eigenvalue weighted by Crippen LogP contribution is 2.38. The summed E-state index contributed by atoms with van der Waals surface area (Å²) in [6, 6.07) is 0. The third-order valence-electron chi connectivity index (χ3n) is 10.7. The van der Waals surface area contributed by atoms with Crippen molar-refractivity contribution in [3.8, 4) is 0 Å². The van der Waals surface area contributed by atoms with Crippen molar-refractivity contribution in [2.24, 2.45) is 0 Å². The molecule has 12 heteroatoms. The summed E-state index contributed by atoms with van der Waals surface area (Å²) in [7, 11) is 1.09. The number of likely N-dealkylation sites (N-methyl/N-ethyl adjacent to an activating group) is 1. The van der Waals surface area contributed by atoms with E-state index in [1.54, 1.807) is 0 Å². The Morgan fingerprint density at radius 3 is 1.77 bits per heavy atom. The van der Waals surface area contributed by atoms with Gasteiger partial charge in [0.15, 0.2) is 6.10 Å². The molecule has 0 bridgehead atoms. The van der Waals surface area contributed by atoms with Crippen LogP contribution >= 0.6 is 7.82 Å². The van der Waals surface area contributed by atoms with Gasteiger partial charge in [0, 0.05) is 25.7 Å². The average molecular weight is 892 g/mol. The molecule has 11 nitrogen and oxygen atoms in total. The second kappa shape index (κ2) is 35.5. The lowest BCUT2D eigenvalue weighted by Crippen LogP contribution is -2.37. The first-order chi connectivity index (χ1) is 29.7. The zero-order valence-corrected chi connectivity index (χ0v) is 40.8. The van der Waals surface area contributed by atoms with Gasteiger partial charge in [-0.15, -0.1) is 0 Å². The molecular formula is C50H86NO10P. The van der Waals surface area contributed by atoms with Crippen LogP contribution in [-0.2, 0) is 45.5 Å². The van der Waals surface area contributed by atoms with E-state index in [1.165, 1.54) is 49.0 Å². The van der Waals surface area contributed by atoms with Gasteiger partial charge in [-0.1, -0.05) is 114 Å². The standard InChI is InChI=1S/C50H86NO10P/c1-8-10-29-35-47-43(3)44(4)48(61-47)36-31-26-22-19-20-24-28-33-38-50(54)60-46(42-59-62(55,56)58-40-39-51(5,6)7)41-57-49(53)37-32-27-23-18-16-14-12-11-13-15-17-21-25-30-34-45(52)9-2/h12-15,18,21,23,25,45-46,52H,8-11,16-17,19-20,22,24,26-42H2,1-7H3/b14-12-,15-13-,23-18-,25-21-/t45-,46+/m0/s1. The Kier molecular flexibility index (Phi) is 32.8. The molecule has 356 valence electrons. The normalized spacial score (nSPS) is 14.4. The number of esters is 2.